The predicted molar refractivity (Wildman–Crippen MR) is 61.9 cm³/mol. The topological polar surface area (TPSA) is 26.7 Å². The van der Waals surface area contributed by atoms with E-state index in [2.05, 4.69) is 16.7 Å². The molecule has 0 radical (unpaired) electrons. The zero-order valence-electron chi connectivity index (χ0n) is 10.0. The number of fused-ring (bicyclic) bond motifs is 1. The molecule has 0 aromatic heterocycles. The molecule has 0 aromatic rings. The van der Waals surface area contributed by atoms with E-state index in [4.69, 9.17) is 0 Å². The average molecular weight is 212 g/mol. The number of piperidine rings is 1. The lowest BCUT2D eigenvalue weighted by molar-refractivity contribution is -0.00403. The van der Waals surface area contributed by atoms with Crippen molar-refractivity contribution in [3.63, 3.8) is 0 Å². The summed E-state index contributed by atoms with van der Waals surface area (Å²) in [6, 6.07) is 1.36. The van der Waals surface area contributed by atoms with E-state index in [1.54, 1.807) is 0 Å². The molecule has 3 nitrogen and oxygen atoms in total. The van der Waals surface area contributed by atoms with Crippen molar-refractivity contribution in [2.75, 3.05) is 26.2 Å². The number of aliphatic hydroxyl groups is 1. The van der Waals surface area contributed by atoms with Crippen LogP contribution in [0, 0.1) is 0 Å². The molecule has 3 atom stereocenters. The number of aliphatic hydroxyl groups excluding tert-OH is 1. The minimum absolute atomic E-state index is 0.192. The van der Waals surface area contributed by atoms with Gasteiger partial charge in [0.15, 0.2) is 0 Å². The second-order valence-corrected chi connectivity index (χ2v) is 5.30. The Morgan fingerprint density at radius 3 is 2.87 bits per heavy atom. The first-order valence-corrected chi connectivity index (χ1v) is 6.33. The van der Waals surface area contributed by atoms with Gasteiger partial charge >= 0.3 is 0 Å². The van der Waals surface area contributed by atoms with Crippen molar-refractivity contribution in [1.29, 1.82) is 0 Å². The Hall–Kier alpha value is -0.120. The molecule has 3 heteroatoms. The van der Waals surface area contributed by atoms with Gasteiger partial charge in [-0.2, -0.15) is 0 Å². The van der Waals surface area contributed by atoms with Crippen LogP contribution in [0.25, 0.3) is 0 Å². The second kappa shape index (κ2) is 4.81. The first kappa shape index (κ1) is 11.4. The molecule has 3 unspecified atom stereocenters. The summed E-state index contributed by atoms with van der Waals surface area (Å²) in [6.45, 7) is 8.65. The van der Waals surface area contributed by atoms with E-state index in [-0.39, 0.29) is 6.10 Å². The molecule has 0 aliphatic carbocycles. The largest absolute Gasteiger partial charge is 0.392 e. The van der Waals surface area contributed by atoms with Crippen molar-refractivity contribution >= 4 is 0 Å². The second-order valence-electron chi connectivity index (χ2n) is 5.30. The highest BCUT2D eigenvalue weighted by Crippen LogP contribution is 2.23. The molecular weight excluding hydrogens is 188 g/mol. The number of hydrogen-bond donors (Lipinski definition) is 1. The van der Waals surface area contributed by atoms with Crippen LogP contribution < -0.4 is 0 Å². The van der Waals surface area contributed by atoms with Crippen LogP contribution in [0.4, 0.5) is 0 Å². The zero-order valence-corrected chi connectivity index (χ0v) is 10.0. The van der Waals surface area contributed by atoms with Crippen molar-refractivity contribution in [1.82, 2.24) is 9.80 Å². The number of β-amino-alcohol motifs (C(OH)–C–C–N with tert-alkyl or cyclic N) is 1. The van der Waals surface area contributed by atoms with Gasteiger partial charge in [0, 0.05) is 31.7 Å². The molecule has 15 heavy (non-hydrogen) atoms. The van der Waals surface area contributed by atoms with Crippen LogP contribution in [0.1, 0.15) is 33.1 Å². The maximum atomic E-state index is 9.46. The predicted octanol–water partition coefficient (Wildman–Crippen LogP) is 0.926. The molecular formula is C12H24N2O. The highest BCUT2D eigenvalue weighted by Gasteiger charge is 2.32. The van der Waals surface area contributed by atoms with Gasteiger partial charge in [0.1, 0.15) is 0 Å². The van der Waals surface area contributed by atoms with Crippen LogP contribution in [-0.2, 0) is 0 Å². The Labute approximate surface area is 93.1 Å². The SMILES string of the molecule is CC(O)CN1CC2CCCCN2CC1C. The Bertz CT molecular complexity index is 208. The fourth-order valence-corrected chi connectivity index (χ4v) is 3.01. The third-order valence-corrected chi connectivity index (χ3v) is 3.82. The Balaban J connectivity index is 1.92. The normalized spacial score (nSPS) is 36.2. The number of nitrogens with zero attached hydrogens (tertiary/aromatic N) is 2. The molecule has 2 saturated heterocycles. The molecule has 2 heterocycles. The minimum Gasteiger partial charge on any atom is -0.392 e. The Morgan fingerprint density at radius 1 is 1.33 bits per heavy atom. The molecule has 0 aromatic carbocycles. The van der Waals surface area contributed by atoms with E-state index in [0.29, 0.717) is 6.04 Å². The third-order valence-electron chi connectivity index (χ3n) is 3.82. The van der Waals surface area contributed by atoms with Gasteiger partial charge in [-0.05, 0) is 33.2 Å². The highest BCUT2D eigenvalue weighted by molar-refractivity contribution is 4.89. The van der Waals surface area contributed by atoms with Crippen LogP contribution in [0.5, 0.6) is 0 Å². The lowest BCUT2D eigenvalue weighted by Crippen LogP contribution is -2.59. The maximum absolute atomic E-state index is 9.46. The fraction of sp³-hybridized carbons (Fsp3) is 1.00. The summed E-state index contributed by atoms with van der Waals surface area (Å²) >= 11 is 0. The van der Waals surface area contributed by atoms with E-state index in [1.807, 2.05) is 6.92 Å². The van der Waals surface area contributed by atoms with Gasteiger partial charge in [0.25, 0.3) is 0 Å². The van der Waals surface area contributed by atoms with Crippen LogP contribution in [-0.4, -0.2) is 59.3 Å². The summed E-state index contributed by atoms with van der Waals surface area (Å²) in [4.78, 5) is 5.10. The van der Waals surface area contributed by atoms with E-state index in [1.165, 1.54) is 32.4 Å². The standard InChI is InChI=1S/C12H24N2O/c1-10-7-13-6-4-3-5-12(13)9-14(10)8-11(2)15/h10-12,15H,3-9H2,1-2H3. The third kappa shape index (κ3) is 2.71. The van der Waals surface area contributed by atoms with E-state index in [9.17, 15) is 5.11 Å². The summed E-state index contributed by atoms with van der Waals surface area (Å²) in [5.41, 5.74) is 0. The monoisotopic (exact) mass is 212 g/mol. The fourth-order valence-electron chi connectivity index (χ4n) is 3.01. The first-order valence-electron chi connectivity index (χ1n) is 6.33. The highest BCUT2D eigenvalue weighted by atomic mass is 16.3. The molecule has 2 fully saturated rings. The van der Waals surface area contributed by atoms with Crippen LogP contribution in [0.2, 0.25) is 0 Å². The maximum Gasteiger partial charge on any atom is 0.0639 e. The van der Waals surface area contributed by atoms with Gasteiger partial charge in [0.05, 0.1) is 6.10 Å². The molecule has 88 valence electrons. The van der Waals surface area contributed by atoms with Crippen molar-refractivity contribution in [3.8, 4) is 0 Å². The Kier molecular flexibility index (Phi) is 3.65. The summed E-state index contributed by atoms with van der Waals surface area (Å²) in [6.07, 6.45) is 3.92. The van der Waals surface area contributed by atoms with Crippen LogP contribution in [0.3, 0.4) is 0 Å². The van der Waals surface area contributed by atoms with Crippen LogP contribution in [0.15, 0.2) is 0 Å². The molecule has 0 amide bonds. The molecule has 1 N–H and O–H groups in total. The quantitative estimate of drug-likeness (QED) is 0.737. The van der Waals surface area contributed by atoms with Gasteiger partial charge in [-0.25, -0.2) is 0 Å². The van der Waals surface area contributed by atoms with E-state index < -0.39 is 0 Å². The van der Waals surface area contributed by atoms with Crippen molar-refractivity contribution in [2.45, 2.75) is 51.3 Å². The summed E-state index contributed by atoms with van der Waals surface area (Å²) in [5, 5.41) is 9.46. The summed E-state index contributed by atoms with van der Waals surface area (Å²) in [7, 11) is 0. The van der Waals surface area contributed by atoms with Crippen LogP contribution >= 0.6 is 0 Å². The molecule has 2 aliphatic heterocycles. The minimum atomic E-state index is -0.192. The van der Waals surface area contributed by atoms with Gasteiger partial charge in [0.2, 0.25) is 0 Å². The van der Waals surface area contributed by atoms with Crippen molar-refractivity contribution in [2.24, 2.45) is 0 Å². The van der Waals surface area contributed by atoms with Gasteiger partial charge < -0.3 is 5.11 Å². The summed E-state index contributed by atoms with van der Waals surface area (Å²) < 4.78 is 0. The first-order chi connectivity index (χ1) is 7.16. The zero-order chi connectivity index (χ0) is 10.8. The molecule has 0 spiro atoms. The van der Waals surface area contributed by atoms with Gasteiger partial charge in [-0.15, -0.1) is 0 Å². The molecule has 0 bridgehead atoms. The molecule has 2 rings (SSSR count). The number of hydrogen-bond acceptors (Lipinski definition) is 3. The van der Waals surface area contributed by atoms with Gasteiger partial charge in [-0.1, -0.05) is 6.42 Å². The van der Waals surface area contributed by atoms with Crippen molar-refractivity contribution in [3.05, 3.63) is 0 Å². The summed E-state index contributed by atoms with van der Waals surface area (Å²) in [5.74, 6) is 0. The Morgan fingerprint density at radius 2 is 2.13 bits per heavy atom. The van der Waals surface area contributed by atoms with Crippen molar-refractivity contribution < 1.29 is 5.11 Å². The average Bonchev–Trinajstić information content (AvgIpc) is 2.18. The smallest absolute Gasteiger partial charge is 0.0639 e. The lowest BCUT2D eigenvalue weighted by Gasteiger charge is -2.47. The van der Waals surface area contributed by atoms with E-state index >= 15 is 0 Å². The van der Waals surface area contributed by atoms with Gasteiger partial charge in [-0.3, -0.25) is 9.80 Å². The molecule has 0 saturated carbocycles. The van der Waals surface area contributed by atoms with E-state index in [0.717, 1.165) is 19.1 Å². The molecule has 2 aliphatic rings. The number of piperazine rings is 1. The lowest BCUT2D eigenvalue weighted by atomic mass is 9.97. The number of rotatable bonds is 2.